The van der Waals surface area contributed by atoms with Crippen molar-refractivity contribution in [3.05, 3.63) is 47.8 Å². The van der Waals surface area contributed by atoms with Gasteiger partial charge in [0.15, 0.2) is 6.61 Å². The van der Waals surface area contributed by atoms with Gasteiger partial charge < -0.3 is 14.4 Å². The Kier molecular flexibility index (Phi) is 6.04. The van der Waals surface area contributed by atoms with Gasteiger partial charge in [-0.2, -0.15) is 13.9 Å². The van der Waals surface area contributed by atoms with E-state index in [1.54, 1.807) is 26.2 Å². The molecule has 7 nitrogen and oxygen atoms in total. The van der Waals surface area contributed by atoms with Crippen molar-refractivity contribution in [2.75, 3.05) is 13.7 Å². The SMILES string of the molecule is CN(Cc1ccc(OC(F)F)cc1)C(=O)COC(=O)c1cnn(C)c1. The molecule has 9 heteroatoms. The van der Waals surface area contributed by atoms with Gasteiger partial charge in [-0.15, -0.1) is 0 Å². The number of benzene rings is 1. The lowest BCUT2D eigenvalue weighted by Gasteiger charge is -2.17. The van der Waals surface area contributed by atoms with Crippen molar-refractivity contribution in [1.82, 2.24) is 14.7 Å². The fraction of sp³-hybridized carbons (Fsp3) is 0.312. The molecule has 0 radical (unpaired) electrons. The highest BCUT2D eigenvalue weighted by Crippen LogP contribution is 2.15. The highest BCUT2D eigenvalue weighted by atomic mass is 19.3. The van der Waals surface area contributed by atoms with Crippen LogP contribution in [0, 0.1) is 0 Å². The molecule has 2 rings (SSSR count). The third-order valence-electron chi connectivity index (χ3n) is 3.26. The number of alkyl halides is 2. The summed E-state index contributed by atoms with van der Waals surface area (Å²) in [7, 11) is 3.21. The lowest BCUT2D eigenvalue weighted by molar-refractivity contribution is -0.133. The summed E-state index contributed by atoms with van der Waals surface area (Å²) in [4.78, 5) is 25.1. The van der Waals surface area contributed by atoms with Crippen LogP contribution >= 0.6 is 0 Å². The van der Waals surface area contributed by atoms with E-state index >= 15 is 0 Å². The summed E-state index contributed by atoms with van der Waals surface area (Å²) in [5.74, 6) is -0.994. The van der Waals surface area contributed by atoms with Crippen LogP contribution in [0.25, 0.3) is 0 Å². The van der Waals surface area contributed by atoms with Crippen LogP contribution in [0.3, 0.4) is 0 Å². The van der Waals surface area contributed by atoms with Crippen molar-refractivity contribution < 1.29 is 27.8 Å². The zero-order valence-electron chi connectivity index (χ0n) is 13.7. The first-order valence-electron chi connectivity index (χ1n) is 7.28. The first-order chi connectivity index (χ1) is 11.8. The molecule has 0 bridgehead atoms. The molecule has 2 aromatic rings. The van der Waals surface area contributed by atoms with E-state index in [9.17, 15) is 18.4 Å². The third kappa shape index (κ3) is 5.55. The number of likely N-dealkylation sites (N-methyl/N-ethyl adjacent to an activating group) is 1. The number of carbonyl (C=O) groups excluding carboxylic acids is 2. The second-order valence-electron chi connectivity index (χ2n) is 5.25. The molecule has 0 aliphatic carbocycles. The molecule has 0 aliphatic rings. The van der Waals surface area contributed by atoms with Gasteiger partial charge in [0.2, 0.25) is 0 Å². The predicted octanol–water partition coefficient (Wildman–Crippen LogP) is 1.84. The Morgan fingerprint density at radius 3 is 2.52 bits per heavy atom. The number of halogens is 2. The fourth-order valence-corrected chi connectivity index (χ4v) is 1.99. The number of hydrogen-bond donors (Lipinski definition) is 0. The summed E-state index contributed by atoms with van der Waals surface area (Å²) in [6.07, 6.45) is 2.83. The molecule has 0 atom stereocenters. The van der Waals surface area contributed by atoms with Gasteiger partial charge >= 0.3 is 12.6 Å². The summed E-state index contributed by atoms with van der Waals surface area (Å²) in [5, 5.41) is 3.84. The van der Waals surface area contributed by atoms with Crippen molar-refractivity contribution in [1.29, 1.82) is 0 Å². The Hall–Kier alpha value is -2.97. The zero-order valence-corrected chi connectivity index (χ0v) is 13.7. The maximum absolute atomic E-state index is 12.1. The highest BCUT2D eigenvalue weighted by molar-refractivity contribution is 5.90. The van der Waals surface area contributed by atoms with Gasteiger partial charge in [0.05, 0.1) is 11.8 Å². The van der Waals surface area contributed by atoms with Crippen LogP contribution in [-0.2, 0) is 23.1 Å². The topological polar surface area (TPSA) is 73.7 Å². The molecule has 0 fully saturated rings. The van der Waals surface area contributed by atoms with Gasteiger partial charge in [-0.3, -0.25) is 9.48 Å². The maximum atomic E-state index is 12.1. The first-order valence-corrected chi connectivity index (χ1v) is 7.28. The molecule has 0 saturated heterocycles. The number of nitrogens with zero attached hydrogens (tertiary/aromatic N) is 3. The number of aryl methyl sites for hydroxylation is 1. The zero-order chi connectivity index (χ0) is 18.4. The van der Waals surface area contributed by atoms with Crippen molar-refractivity contribution in [3.63, 3.8) is 0 Å². The van der Waals surface area contributed by atoms with Crippen LogP contribution in [-0.4, -0.2) is 46.8 Å². The van der Waals surface area contributed by atoms with Crippen molar-refractivity contribution in [2.24, 2.45) is 7.05 Å². The molecular formula is C16H17F2N3O4. The quantitative estimate of drug-likeness (QED) is 0.710. The van der Waals surface area contributed by atoms with E-state index in [0.29, 0.717) is 0 Å². The minimum atomic E-state index is -2.88. The minimum absolute atomic E-state index is 0.0399. The number of carbonyl (C=O) groups is 2. The Bertz CT molecular complexity index is 731. The average molecular weight is 353 g/mol. The molecule has 0 aliphatic heterocycles. The van der Waals surface area contributed by atoms with E-state index in [0.717, 1.165) is 5.56 Å². The molecule has 134 valence electrons. The Morgan fingerprint density at radius 1 is 1.28 bits per heavy atom. The molecule has 0 N–H and O–H groups in total. The summed E-state index contributed by atoms with van der Waals surface area (Å²) >= 11 is 0. The summed E-state index contributed by atoms with van der Waals surface area (Å²) in [6.45, 7) is -3.06. The lowest BCUT2D eigenvalue weighted by Crippen LogP contribution is -2.30. The fourth-order valence-electron chi connectivity index (χ4n) is 1.99. The van der Waals surface area contributed by atoms with Gasteiger partial charge in [-0.25, -0.2) is 4.79 Å². The number of esters is 1. The highest BCUT2D eigenvalue weighted by Gasteiger charge is 2.15. The van der Waals surface area contributed by atoms with Gasteiger partial charge in [0.25, 0.3) is 5.91 Å². The molecule has 1 aromatic carbocycles. The smallest absolute Gasteiger partial charge is 0.387 e. The van der Waals surface area contributed by atoms with E-state index in [1.165, 1.54) is 34.1 Å². The Labute approximate surface area is 142 Å². The molecule has 1 aromatic heterocycles. The number of hydrogen-bond acceptors (Lipinski definition) is 5. The Balaban J connectivity index is 1.82. The molecular weight excluding hydrogens is 336 g/mol. The number of rotatable bonds is 7. The molecule has 25 heavy (non-hydrogen) atoms. The largest absolute Gasteiger partial charge is 0.452 e. The van der Waals surface area contributed by atoms with E-state index < -0.39 is 25.1 Å². The second-order valence-corrected chi connectivity index (χ2v) is 5.25. The van der Waals surface area contributed by atoms with Crippen molar-refractivity contribution >= 4 is 11.9 Å². The maximum Gasteiger partial charge on any atom is 0.387 e. The number of amides is 1. The van der Waals surface area contributed by atoms with Crippen molar-refractivity contribution in [3.8, 4) is 5.75 Å². The van der Waals surface area contributed by atoms with E-state index in [1.807, 2.05) is 0 Å². The molecule has 0 saturated carbocycles. The summed E-state index contributed by atoms with van der Waals surface area (Å²) < 4.78 is 34.8. The van der Waals surface area contributed by atoms with Crippen molar-refractivity contribution in [2.45, 2.75) is 13.2 Å². The normalized spacial score (nSPS) is 10.6. The van der Waals surface area contributed by atoms with E-state index in [2.05, 4.69) is 9.84 Å². The van der Waals surface area contributed by atoms with Crippen LogP contribution in [0.4, 0.5) is 8.78 Å². The summed E-state index contributed by atoms with van der Waals surface area (Å²) in [6, 6.07) is 5.93. The molecule has 0 spiro atoms. The van der Waals surface area contributed by atoms with Crippen LogP contribution < -0.4 is 4.74 Å². The standard InChI is InChI=1S/C16H17F2N3O4/c1-20(8-11-3-5-13(6-4-11)25-16(17)18)14(22)10-24-15(23)12-7-19-21(2)9-12/h3-7,9,16H,8,10H2,1-2H3. The monoisotopic (exact) mass is 353 g/mol. The third-order valence-corrected chi connectivity index (χ3v) is 3.26. The van der Waals surface area contributed by atoms with Gasteiger partial charge in [-0.05, 0) is 17.7 Å². The van der Waals surface area contributed by atoms with Crippen LogP contribution in [0.5, 0.6) is 5.75 Å². The van der Waals surface area contributed by atoms with Gasteiger partial charge in [-0.1, -0.05) is 12.1 Å². The summed E-state index contributed by atoms with van der Waals surface area (Å²) in [5.41, 5.74) is 0.976. The average Bonchev–Trinajstić information content (AvgIpc) is 3.00. The predicted molar refractivity (Wildman–Crippen MR) is 83.0 cm³/mol. The Morgan fingerprint density at radius 2 is 1.96 bits per heavy atom. The molecule has 1 amide bonds. The first kappa shape index (κ1) is 18.4. The second kappa shape index (κ2) is 8.22. The van der Waals surface area contributed by atoms with E-state index in [-0.39, 0.29) is 17.9 Å². The number of aromatic nitrogens is 2. The van der Waals surface area contributed by atoms with Crippen LogP contribution in [0.2, 0.25) is 0 Å². The minimum Gasteiger partial charge on any atom is -0.452 e. The molecule has 1 heterocycles. The number of ether oxygens (including phenoxy) is 2. The van der Waals surface area contributed by atoms with Crippen LogP contribution in [0.1, 0.15) is 15.9 Å². The molecule has 0 unspecified atom stereocenters. The lowest BCUT2D eigenvalue weighted by atomic mass is 10.2. The van der Waals surface area contributed by atoms with Gasteiger partial charge in [0.1, 0.15) is 5.75 Å². The van der Waals surface area contributed by atoms with Gasteiger partial charge in [0, 0.05) is 26.8 Å². The van der Waals surface area contributed by atoms with E-state index in [4.69, 9.17) is 4.74 Å². The van der Waals surface area contributed by atoms with Crippen LogP contribution in [0.15, 0.2) is 36.7 Å².